The first kappa shape index (κ1) is 12.2. The van der Waals surface area contributed by atoms with Crippen LogP contribution in [0.2, 0.25) is 0 Å². The first-order chi connectivity index (χ1) is 8.13. The lowest BCUT2D eigenvalue weighted by atomic mass is 9.95. The van der Waals surface area contributed by atoms with Crippen LogP contribution >= 0.6 is 0 Å². The minimum Gasteiger partial charge on any atom is -0.481 e. The lowest BCUT2D eigenvalue weighted by Gasteiger charge is -2.31. The predicted octanol–water partition coefficient (Wildman–Crippen LogP) is 2.27. The van der Waals surface area contributed by atoms with Crippen LogP contribution in [0.5, 0.6) is 0 Å². The molecule has 0 spiro atoms. The molecule has 4 heteroatoms. The summed E-state index contributed by atoms with van der Waals surface area (Å²) in [5.74, 6) is 1.50. The molecular formula is C13H19NO3. The average molecular weight is 237 g/mol. The molecule has 1 aromatic rings. The van der Waals surface area contributed by atoms with E-state index in [-0.39, 0.29) is 12.3 Å². The monoisotopic (exact) mass is 237 g/mol. The van der Waals surface area contributed by atoms with Gasteiger partial charge in [-0.05, 0) is 44.4 Å². The van der Waals surface area contributed by atoms with E-state index in [9.17, 15) is 4.79 Å². The van der Waals surface area contributed by atoms with Crippen molar-refractivity contribution < 1.29 is 14.3 Å². The number of rotatable bonds is 4. The van der Waals surface area contributed by atoms with Crippen molar-refractivity contribution in [3.8, 4) is 0 Å². The fourth-order valence-electron chi connectivity index (χ4n) is 2.50. The van der Waals surface area contributed by atoms with Crippen molar-refractivity contribution in [1.82, 2.24) is 4.90 Å². The molecule has 0 amide bonds. The number of aliphatic carboxylic acids is 1. The van der Waals surface area contributed by atoms with Crippen molar-refractivity contribution in [3.63, 3.8) is 0 Å². The Labute approximate surface area is 101 Å². The van der Waals surface area contributed by atoms with E-state index in [0.717, 1.165) is 44.0 Å². The molecular weight excluding hydrogens is 218 g/mol. The number of hydrogen-bond acceptors (Lipinski definition) is 3. The normalized spacial score (nSPS) is 21.6. The Morgan fingerprint density at radius 3 is 3.06 bits per heavy atom. The van der Waals surface area contributed by atoms with E-state index in [1.165, 1.54) is 0 Å². The number of carboxylic acid groups (broad SMARTS) is 1. The molecule has 1 saturated heterocycles. The zero-order valence-electron chi connectivity index (χ0n) is 10.2. The number of furan rings is 1. The maximum absolute atomic E-state index is 10.7. The molecule has 1 atom stereocenters. The van der Waals surface area contributed by atoms with Gasteiger partial charge in [-0.15, -0.1) is 0 Å². The molecule has 17 heavy (non-hydrogen) atoms. The largest absolute Gasteiger partial charge is 0.481 e. The van der Waals surface area contributed by atoms with E-state index in [4.69, 9.17) is 9.52 Å². The smallest absolute Gasteiger partial charge is 0.303 e. The molecule has 4 nitrogen and oxygen atoms in total. The topological polar surface area (TPSA) is 53.7 Å². The summed E-state index contributed by atoms with van der Waals surface area (Å²) >= 11 is 0. The number of hydrogen-bond donors (Lipinski definition) is 1. The highest BCUT2D eigenvalue weighted by atomic mass is 16.4. The number of piperidine rings is 1. The molecule has 1 N–H and O–H groups in total. The van der Waals surface area contributed by atoms with Crippen LogP contribution in [0, 0.1) is 12.8 Å². The summed E-state index contributed by atoms with van der Waals surface area (Å²) in [6, 6.07) is 3.96. The summed E-state index contributed by atoms with van der Waals surface area (Å²) in [7, 11) is 0. The van der Waals surface area contributed by atoms with Gasteiger partial charge in [-0.1, -0.05) is 0 Å². The van der Waals surface area contributed by atoms with Gasteiger partial charge in [0, 0.05) is 13.0 Å². The first-order valence-corrected chi connectivity index (χ1v) is 6.13. The van der Waals surface area contributed by atoms with E-state index in [2.05, 4.69) is 4.90 Å². The maximum Gasteiger partial charge on any atom is 0.303 e. The second-order valence-corrected chi connectivity index (χ2v) is 4.85. The highest BCUT2D eigenvalue weighted by molar-refractivity contribution is 5.67. The molecule has 2 heterocycles. The zero-order valence-corrected chi connectivity index (χ0v) is 10.2. The molecule has 1 aliphatic rings. The van der Waals surface area contributed by atoms with Crippen LogP contribution in [0.25, 0.3) is 0 Å². The van der Waals surface area contributed by atoms with Gasteiger partial charge in [0.1, 0.15) is 11.5 Å². The molecule has 0 radical (unpaired) electrons. The van der Waals surface area contributed by atoms with Crippen LogP contribution in [0.15, 0.2) is 16.5 Å². The van der Waals surface area contributed by atoms with Gasteiger partial charge < -0.3 is 9.52 Å². The number of carbonyl (C=O) groups is 1. The van der Waals surface area contributed by atoms with Crippen LogP contribution < -0.4 is 0 Å². The zero-order chi connectivity index (χ0) is 12.3. The summed E-state index contributed by atoms with van der Waals surface area (Å²) in [5, 5.41) is 8.81. The summed E-state index contributed by atoms with van der Waals surface area (Å²) in [6.45, 7) is 4.64. The van der Waals surface area contributed by atoms with E-state index in [1.54, 1.807) is 0 Å². The van der Waals surface area contributed by atoms with Gasteiger partial charge in [0.05, 0.1) is 6.54 Å². The van der Waals surface area contributed by atoms with Gasteiger partial charge in [-0.25, -0.2) is 0 Å². The van der Waals surface area contributed by atoms with E-state index < -0.39 is 5.97 Å². The van der Waals surface area contributed by atoms with Crippen molar-refractivity contribution in [1.29, 1.82) is 0 Å². The Morgan fingerprint density at radius 1 is 1.59 bits per heavy atom. The number of carboxylic acids is 1. The fraction of sp³-hybridized carbons (Fsp3) is 0.615. The van der Waals surface area contributed by atoms with Crippen LogP contribution in [-0.4, -0.2) is 29.1 Å². The van der Waals surface area contributed by atoms with Gasteiger partial charge in [0.25, 0.3) is 0 Å². The summed E-state index contributed by atoms with van der Waals surface area (Å²) in [6.07, 6.45) is 2.39. The molecule has 0 saturated carbocycles. The predicted molar refractivity (Wildman–Crippen MR) is 63.7 cm³/mol. The molecule has 0 aromatic carbocycles. The molecule has 0 aliphatic carbocycles. The third-order valence-corrected chi connectivity index (χ3v) is 3.24. The average Bonchev–Trinajstić information content (AvgIpc) is 2.63. The highest BCUT2D eigenvalue weighted by Gasteiger charge is 2.22. The molecule has 1 fully saturated rings. The van der Waals surface area contributed by atoms with Gasteiger partial charge in [0.2, 0.25) is 0 Å². The Balaban J connectivity index is 1.87. The Bertz CT molecular complexity index is 386. The van der Waals surface area contributed by atoms with Gasteiger partial charge in [-0.3, -0.25) is 9.69 Å². The second-order valence-electron chi connectivity index (χ2n) is 4.85. The van der Waals surface area contributed by atoms with Gasteiger partial charge in [0.15, 0.2) is 0 Å². The highest BCUT2D eigenvalue weighted by Crippen LogP contribution is 2.21. The lowest BCUT2D eigenvalue weighted by molar-refractivity contribution is -0.138. The van der Waals surface area contributed by atoms with E-state index in [0.29, 0.717) is 0 Å². The lowest BCUT2D eigenvalue weighted by Crippen LogP contribution is -2.35. The van der Waals surface area contributed by atoms with Crippen molar-refractivity contribution in [2.75, 3.05) is 13.1 Å². The SMILES string of the molecule is Cc1ccc(CN2CCCC(CC(=O)O)C2)o1. The van der Waals surface area contributed by atoms with Gasteiger partial charge >= 0.3 is 5.97 Å². The van der Waals surface area contributed by atoms with Crippen molar-refractivity contribution in [2.45, 2.75) is 32.7 Å². The van der Waals surface area contributed by atoms with Crippen molar-refractivity contribution >= 4 is 5.97 Å². The van der Waals surface area contributed by atoms with Crippen molar-refractivity contribution in [3.05, 3.63) is 23.7 Å². The standard InChI is InChI=1S/C13H19NO3/c1-10-4-5-12(17-10)9-14-6-2-3-11(8-14)7-13(15)16/h4-5,11H,2-3,6-9H2,1H3,(H,15,16). The molecule has 2 rings (SSSR count). The Hall–Kier alpha value is -1.29. The summed E-state index contributed by atoms with van der Waals surface area (Å²) in [5.41, 5.74) is 0. The fourth-order valence-corrected chi connectivity index (χ4v) is 2.50. The van der Waals surface area contributed by atoms with Crippen LogP contribution in [0.4, 0.5) is 0 Å². The summed E-state index contributed by atoms with van der Waals surface area (Å²) < 4.78 is 5.54. The quantitative estimate of drug-likeness (QED) is 0.872. The van der Waals surface area contributed by atoms with Crippen LogP contribution in [0.1, 0.15) is 30.8 Å². The molecule has 94 valence electrons. The van der Waals surface area contributed by atoms with E-state index >= 15 is 0 Å². The number of nitrogens with zero attached hydrogens (tertiary/aromatic N) is 1. The van der Waals surface area contributed by atoms with Crippen molar-refractivity contribution in [2.24, 2.45) is 5.92 Å². The first-order valence-electron chi connectivity index (χ1n) is 6.13. The number of aryl methyl sites for hydroxylation is 1. The van der Waals surface area contributed by atoms with E-state index in [1.807, 2.05) is 19.1 Å². The van der Waals surface area contributed by atoms with Crippen LogP contribution in [0.3, 0.4) is 0 Å². The molecule has 1 unspecified atom stereocenters. The van der Waals surface area contributed by atoms with Crippen LogP contribution in [-0.2, 0) is 11.3 Å². The number of likely N-dealkylation sites (tertiary alicyclic amines) is 1. The third-order valence-electron chi connectivity index (χ3n) is 3.24. The maximum atomic E-state index is 10.7. The molecule has 0 bridgehead atoms. The molecule has 1 aliphatic heterocycles. The minimum atomic E-state index is -0.689. The second kappa shape index (κ2) is 5.36. The Kier molecular flexibility index (Phi) is 3.84. The third kappa shape index (κ3) is 3.60. The Morgan fingerprint density at radius 2 is 2.41 bits per heavy atom. The minimum absolute atomic E-state index is 0.285. The summed E-state index contributed by atoms with van der Waals surface area (Å²) in [4.78, 5) is 13.0. The van der Waals surface area contributed by atoms with Gasteiger partial charge in [-0.2, -0.15) is 0 Å². The molecule has 1 aromatic heterocycles.